The van der Waals surface area contributed by atoms with Crippen LogP contribution in [0.3, 0.4) is 0 Å². The maximum atomic E-state index is 5.31. The van der Waals surface area contributed by atoms with Crippen LogP contribution in [0, 0.1) is 0 Å². The molecule has 1 aliphatic rings. The van der Waals surface area contributed by atoms with Crippen LogP contribution in [-0.4, -0.2) is 41.3 Å². The number of nitrogens with one attached hydrogen (secondary N) is 1. The van der Waals surface area contributed by atoms with Crippen LogP contribution in [0.2, 0.25) is 0 Å². The van der Waals surface area contributed by atoms with Gasteiger partial charge in [-0.1, -0.05) is 12.1 Å². The molecule has 1 aliphatic heterocycles. The standard InChI is InChI=1S/C12H14N4O/c1-2-4-11-10(3-1)12(14-9-13-11)15-16-5-7-17-8-6-16/h1-4,9H,5-8H2,(H,13,14,15). The number of anilines is 1. The van der Waals surface area contributed by atoms with Crippen LogP contribution in [0.4, 0.5) is 5.82 Å². The van der Waals surface area contributed by atoms with Crippen molar-refractivity contribution in [2.75, 3.05) is 31.7 Å². The molecule has 0 amide bonds. The van der Waals surface area contributed by atoms with Gasteiger partial charge in [0.2, 0.25) is 0 Å². The molecular weight excluding hydrogens is 216 g/mol. The number of para-hydroxylation sites is 1. The summed E-state index contributed by atoms with van der Waals surface area (Å²) in [4.78, 5) is 8.54. The van der Waals surface area contributed by atoms with Crippen LogP contribution in [0.15, 0.2) is 30.6 Å². The third-order valence-electron chi connectivity index (χ3n) is 2.82. The number of hydrogen-bond acceptors (Lipinski definition) is 5. The van der Waals surface area contributed by atoms with E-state index in [1.165, 1.54) is 0 Å². The van der Waals surface area contributed by atoms with E-state index in [1.54, 1.807) is 6.33 Å². The molecule has 0 atom stereocenters. The van der Waals surface area contributed by atoms with Crippen molar-refractivity contribution in [1.82, 2.24) is 15.0 Å². The molecule has 2 aromatic rings. The Labute approximate surface area is 99.4 Å². The van der Waals surface area contributed by atoms with Gasteiger partial charge in [-0.2, -0.15) is 0 Å². The SMILES string of the molecule is c1ccc2c(NN3CCOCC3)ncnc2c1. The predicted octanol–water partition coefficient (Wildman–Crippen LogP) is 1.29. The zero-order chi connectivity index (χ0) is 11.5. The molecule has 88 valence electrons. The summed E-state index contributed by atoms with van der Waals surface area (Å²) in [6, 6.07) is 7.99. The zero-order valence-corrected chi connectivity index (χ0v) is 9.47. The van der Waals surface area contributed by atoms with E-state index in [1.807, 2.05) is 24.3 Å². The van der Waals surface area contributed by atoms with Gasteiger partial charge < -0.3 is 10.2 Å². The fraction of sp³-hybridized carbons (Fsp3) is 0.333. The number of fused-ring (bicyclic) bond motifs is 1. The van der Waals surface area contributed by atoms with Crippen molar-refractivity contribution < 1.29 is 4.74 Å². The first kappa shape index (κ1) is 10.4. The molecule has 1 aromatic heterocycles. The normalized spacial score (nSPS) is 17.2. The topological polar surface area (TPSA) is 50.3 Å². The molecule has 1 aromatic carbocycles. The Morgan fingerprint density at radius 1 is 1.12 bits per heavy atom. The van der Waals surface area contributed by atoms with Gasteiger partial charge in [-0.3, -0.25) is 0 Å². The first-order chi connectivity index (χ1) is 8.43. The molecule has 3 rings (SSSR count). The maximum Gasteiger partial charge on any atom is 0.151 e. The fourth-order valence-electron chi connectivity index (χ4n) is 1.92. The summed E-state index contributed by atoms with van der Waals surface area (Å²) in [5.74, 6) is 0.859. The number of aromatic nitrogens is 2. The van der Waals surface area contributed by atoms with Crippen LogP contribution in [0.25, 0.3) is 10.9 Å². The van der Waals surface area contributed by atoms with Gasteiger partial charge in [0.1, 0.15) is 6.33 Å². The second-order valence-corrected chi connectivity index (χ2v) is 3.95. The van der Waals surface area contributed by atoms with Crippen molar-refractivity contribution in [3.63, 3.8) is 0 Å². The Balaban J connectivity index is 1.89. The number of benzene rings is 1. The molecular formula is C12H14N4O. The summed E-state index contributed by atoms with van der Waals surface area (Å²) < 4.78 is 5.31. The van der Waals surface area contributed by atoms with E-state index in [-0.39, 0.29) is 0 Å². The van der Waals surface area contributed by atoms with E-state index in [0.717, 1.165) is 43.0 Å². The van der Waals surface area contributed by atoms with Crippen molar-refractivity contribution in [1.29, 1.82) is 0 Å². The quantitative estimate of drug-likeness (QED) is 0.842. The lowest BCUT2D eigenvalue weighted by atomic mass is 10.2. The lowest BCUT2D eigenvalue weighted by molar-refractivity contribution is 0.0495. The van der Waals surface area contributed by atoms with Gasteiger partial charge in [0.25, 0.3) is 0 Å². The molecule has 0 spiro atoms. The number of hydrogen-bond donors (Lipinski definition) is 1. The second kappa shape index (κ2) is 4.65. The van der Waals surface area contributed by atoms with Crippen LogP contribution in [0.5, 0.6) is 0 Å². The smallest absolute Gasteiger partial charge is 0.151 e. The Morgan fingerprint density at radius 3 is 2.82 bits per heavy atom. The third-order valence-corrected chi connectivity index (χ3v) is 2.82. The van der Waals surface area contributed by atoms with E-state index in [4.69, 9.17) is 4.74 Å². The monoisotopic (exact) mass is 230 g/mol. The summed E-state index contributed by atoms with van der Waals surface area (Å²) in [6.45, 7) is 3.27. The number of hydrazine groups is 1. The summed E-state index contributed by atoms with van der Waals surface area (Å²) in [5, 5.41) is 3.17. The fourth-order valence-corrected chi connectivity index (χ4v) is 1.92. The minimum Gasteiger partial charge on any atom is -0.379 e. The molecule has 1 saturated heterocycles. The highest BCUT2D eigenvalue weighted by molar-refractivity contribution is 5.88. The van der Waals surface area contributed by atoms with E-state index >= 15 is 0 Å². The average Bonchev–Trinajstić information content (AvgIpc) is 2.40. The Kier molecular flexibility index (Phi) is 2.85. The van der Waals surface area contributed by atoms with Gasteiger partial charge in [-0.05, 0) is 12.1 Å². The lowest BCUT2D eigenvalue weighted by Crippen LogP contribution is -2.40. The van der Waals surface area contributed by atoms with Crippen LogP contribution >= 0.6 is 0 Å². The van der Waals surface area contributed by atoms with Gasteiger partial charge in [0.05, 0.1) is 18.7 Å². The Bertz CT molecular complexity index is 505. The van der Waals surface area contributed by atoms with Crippen molar-refractivity contribution >= 4 is 16.7 Å². The van der Waals surface area contributed by atoms with Gasteiger partial charge >= 0.3 is 0 Å². The van der Waals surface area contributed by atoms with Crippen LogP contribution < -0.4 is 5.43 Å². The predicted molar refractivity (Wildman–Crippen MR) is 65.6 cm³/mol. The molecule has 0 unspecified atom stereocenters. The largest absolute Gasteiger partial charge is 0.379 e. The van der Waals surface area contributed by atoms with Crippen molar-refractivity contribution in [3.8, 4) is 0 Å². The van der Waals surface area contributed by atoms with Crippen molar-refractivity contribution in [2.45, 2.75) is 0 Å². The van der Waals surface area contributed by atoms with E-state index in [0.29, 0.717) is 0 Å². The Morgan fingerprint density at radius 2 is 1.94 bits per heavy atom. The molecule has 17 heavy (non-hydrogen) atoms. The van der Waals surface area contributed by atoms with E-state index < -0.39 is 0 Å². The number of ether oxygens (including phenoxy) is 1. The first-order valence-corrected chi connectivity index (χ1v) is 5.72. The third kappa shape index (κ3) is 2.20. The second-order valence-electron chi connectivity index (χ2n) is 3.95. The van der Waals surface area contributed by atoms with Crippen molar-refractivity contribution in [3.05, 3.63) is 30.6 Å². The highest BCUT2D eigenvalue weighted by atomic mass is 16.5. The molecule has 5 heteroatoms. The van der Waals surface area contributed by atoms with E-state index in [9.17, 15) is 0 Å². The van der Waals surface area contributed by atoms with Gasteiger partial charge in [-0.15, -0.1) is 0 Å². The number of rotatable bonds is 2. The minimum atomic E-state index is 0.760. The molecule has 0 saturated carbocycles. The Hall–Kier alpha value is -1.72. The number of nitrogens with zero attached hydrogens (tertiary/aromatic N) is 3. The molecule has 0 radical (unpaired) electrons. The highest BCUT2D eigenvalue weighted by Crippen LogP contribution is 2.18. The lowest BCUT2D eigenvalue weighted by Gasteiger charge is -2.27. The van der Waals surface area contributed by atoms with Crippen LogP contribution in [-0.2, 0) is 4.74 Å². The average molecular weight is 230 g/mol. The summed E-state index contributed by atoms with van der Waals surface area (Å²) in [7, 11) is 0. The summed E-state index contributed by atoms with van der Waals surface area (Å²) in [6.07, 6.45) is 1.59. The molecule has 2 heterocycles. The zero-order valence-electron chi connectivity index (χ0n) is 9.47. The molecule has 0 bridgehead atoms. The number of morpholine rings is 1. The van der Waals surface area contributed by atoms with Gasteiger partial charge in [-0.25, -0.2) is 15.0 Å². The maximum absolute atomic E-state index is 5.31. The van der Waals surface area contributed by atoms with E-state index in [2.05, 4.69) is 20.4 Å². The summed E-state index contributed by atoms with van der Waals surface area (Å²) in [5.41, 5.74) is 4.28. The summed E-state index contributed by atoms with van der Waals surface area (Å²) >= 11 is 0. The van der Waals surface area contributed by atoms with Gasteiger partial charge in [0, 0.05) is 18.5 Å². The minimum absolute atomic E-state index is 0.760. The first-order valence-electron chi connectivity index (χ1n) is 5.72. The highest BCUT2D eigenvalue weighted by Gasteiger charge is 2.11. The van der Waals surface area contributed by atoms with Gasteiger partial charge in [0.15, 0.2) is 5.82 Å². The molecule has 1 fully saturated rings. The van der Waals surface area contributed by atoms with Crippen LogP contribution in [0.1, 0.15) is 0 Å². The van der Waals surface area contributed by atoms with Crippen molar-refractivity contribution in [2.24, 2.45) is 0 Å². The molecule has 1 N–H and O–H groups in total. The molecule has 5 nitrogen and oxygen atoms in total. The molecule has 0 aliphatic carbocycles.